The number of amides is 1. The van der Waals surface area contributed by atoms with Crippen LogP contribution in [0.15, 0.2) is 73.4 Å². The lowest BCUT2D eigenvalue weighted by molar-refractivity contribution is 0.0714. The molecule has 0 bridgehead atoms. The van der Waals surface area contributed by atoms with Gasteiger partial charge >= 0.3 is 0 Å². The molecule has 0 unspecified atom stereocenters. The first-order valence-corrected chi connectivity index (χ1v) is 11.1. The molecule has 0 saturated carbocycles. The maximum atomic E-state index is 13.4. The van der Waals surface area contributed by atoms with Crippen LogP contribution in [0.4, 0.5) is 5.82 Å². The number of anilines is 1. The number of nitrogens with two attached hydrogens (primary N) is 1. The number of fused-ring (bicyclic) bond motifs is 2. The van der Waals surface area contributed by atoms with Crippen molar-refractivity contribution in [2.24, 2.45) is 0 Å². The van der Waals surface area contributed by atoms with E-state index >= 15 is 0 Å². The van der Waals surface area contributed by atoms with Crippen LogP contribution in [0.5, 0.6) is 0 Å². The van der Waals surface area contributed by atoms with Gasteiger partial charge in [-0.1, -0.05) is 42.5 Å². The average Bonchev–Trinajstić information content (AvgIpc) is 3.48. The summed E-state index contributed by atoms with van der Waals surface area (Å²) >= 11 is 0. The maximum absolute atomic E-state index is 13.4. The van der Waals surface area contributed by atoms with Crippen LogP contribution in [-0.4, -0.2) is 46.7 Å². The lowest BCUT2D eigenvalue weighted by Gasteiger charge is -2.27. The molecule has 2 aromatic carbocycles. The van der Waals surface area contributed by atoms with Gasteiger partial charge in [0.1, 0.15) is 18.3 Å². The van der Waals surface area contributed by atoms with Crippen molar-refractivity contribution in [1.82, 2.24) is 34.2 Å². The first kappa shape index (κ1) is 20.1. The van der Waals surface area contributed by atoms with Crippen LogP contribution in [-0.2, 0) is 19.5 Å². The van der Waals surface area contributed by atoms with Gasteiger partial charge in [-0.15, -0.1) is 0 Å². The molecule has 0 atom stereocenters. The summed E-state index contributed by atoms with van der Waals surface area (Å²) in [5.74, 6) is 0.376. The number of nitrogens with zero attached hydrogens (tertiary/aromatic N) is 7. The molecule has 1 amide bonds. The number of imidazole rings is 1. The molecule has 9 heteroatoms. The van der Waals surface area contributed by atoms with Crippen molar-refractivity contribution < 1.29 is 4.79 Å². The predicted octanol–water partition coefficient (Wildman–Crippen LogP) is 2.84. The Morgan fingerprint density at radius 1 is 0.912 bits per heavy atom. The lowest BCUT2D eigenvalue weighted by atomic mass is 10.1. The molecular formula is C25H22N8O. The Bertz CT molecular complexity index is 1490. The van der Waals surface area contributed by atoms with Crippen LogP contribution in [0, 0.1) is 0 Å². The second-order valence-corrected chi connectivity index (χ2v) is 8.35. The summed E-state index contributed by atoms with van der Waals surface area (Å²) < 4.78 is 3.69. The van der Waals surface area contributed by atoms with Gasteiger partial charge in [-0.25, -0.2) is 15.0 Å². The van der Waals surface area contributed by atoms with Crippen LogP contribution in [0.25, 0.3) is 16.9 Å². The highest BCUT2D eigenvalue weighted by Crippen LogP contribution is 2.23. The fraction of sp³-hybridized carbons (Fsp3) is 0.160. The van der Waals surface area contributed by atoms with Gasteiger partial charge in [0.25, 0.3) is 5.91 Å². The smallest absolute Gasteiger partial charge is 0.272 e. The highest BCUT2D eigenvalue weighted by Gasteiger charge is 2.28. The molecule has 168 valence electrons. The van der Waals surface area contributed by atoms with Crippen molar-refractivity contribution in [3.8, 4) is 5.69 Å². The molecule has 3 aromatic heterocycles. The first-order chi connectivity index (χ1) is 16.7. The van der Waals surface area contributed by atoms with E-state index < -0.39 is 0 Å². The second kappa shape index (κ2) is 8.11. The molecule has 0 saturated heterocycles. The zero-order chi connectivity index (χ0) is 23.1. The van der Waals surface area contributed by atoms with Gasteiger partial charge in [-0.05, 0) is 29.7 Å². The van der Waals surface area contributed by atoms with Crippen LogP contribution in [0.2, 0.25) is 0 Å². The van der Waals surface area contributed by atoms with Crippen LogP contribution in [0.3, 0.4) is 0 Å². The Morgan fingerprint density at radius 3 is 2.53 bits per heavy atom. The minimum Gasteiger partial charge on any atom is -0.382 e. The van der Waals surface area contributed by atoms with Crippen molar-refractivity contribution in [3.63, 3.8) is 0 Å². The fourth-order valence-electron chi connectivity index (χ4n) is 4.41. The van der Waals surface area contributed by atoms with E-state index in [0.29, 0.717) is 42.3 Å². The van der Waals surface area contributed by atoms with Gasteiger partial charge in [-0.3, -0.25) is 14.0 Å². The van der Waals surface area contributed by atoms with E-state index in [1.54, 1.807) is 6.33 Å². The largest absolute Gasteiger partial charge is 0.382 e. The van der Waals surface area contributed by atoms with Gasteiger partial charge in [0.15, 0.2) is 17.0 Å². The molecule has 1 aliphatic heterocycles. The molecule has 5 aromatic rings. The summed E-state index contributed by atoms with van der Waals surface area (Å²) in [6.07, 6.45) is 5.75. The van der Waals surface area contributed by atoms with E-state index in [2.05, 4.69) is 20.1 Å². The molecular weight excluding hydrogens is 428 g/mol. The molecule has 6 rings (SSSR count). The minimum absolute atomic E-state index is 0.0199. The topological polar surface area (TPSA) is 108 Å². The summed E-state index contributed by atoms with van der Waals surface area (Å²) in [6.45, 7) is 1.79. The van der Waals surface area contributed by atoms with Crippen LogP contribution < -0.4 is 5.73 Å². The molecule has 9 nitrogen and oxygen atoms in total. The molecule has 0 radical (unpaired) electrons. The van der Waals surface area contributed by atoms with Crippen molar-refractivity contribution in [1.29, 1.82) is 0 Å². The quantitative estimate of drug-likeness (QED) is 0.441. The van der Waals surface area contributed by atoms with E-state index in [4.69, 9.17) is 5.73 Å². The van der Waals surface area contributed by atoms with Gasteiger partial charge in [0.05, 0.1) is 12.7 Å². The summed E-state index contributed by atoms with van der Waals surface area (Å²) in [6, 6.07) is 18.1. The molecule has 0 fully saturated rings. The summed E-state index contributed by atoms with van der Waals surface area (Å²) in [4.78, 5) is 27.9. The fourth-order valence-corrected chi connectivity index (χ4v) is 4.41. The normalized spacial score (nSPS) is 13.4. The van der Waals surface area contributed by atoms with Gasteiger partial charge < -0.3 is 10.6 Å². The third-order valence-corrected chi connectivity index (χ3v) is 6.18. The molecule has 0 spiro atoms. The summed E-state index contributed by atoms with van der Waals surface area (Å²) in [7, 11) is 0. The molecule has 2 N–H and O–H groups in total. The minimum atomic E-state index is 0.0199. The standard InChI is InChI=1S/C25H22N8O/c26-23-21-24(28-15-27-23)32(16-29-21)20-8-6-18(7-9-20)13-31-11-10-19-12-30-33(22(19)25(31)34)14-17-4-2-1-3-5-17/h1-9,12,15-16H,10-11,13-14H2,(H2,26,27,28). The maximum Gasteiger partial charge on any atom is 0.272 e. The van der Waals surface area contributed by atoms with Gasteiger partial charge in [0, 0.05) is 24.3 Å². The molecule has 0 aliphatic carbocycles. The van der Waals surface area contributed by atoms with E-state index in [-0.39, 0.29) is 5.91 Å². The van der Waals surface area contributed by atoms with E-state index in [9.17, 15) is 4.79 Å². The Labute approximate surface area is 195 Å². The van der Waals surface area contributed by atoms with Crippen molar-refractivity contribution in [3.05, 3.63) is 95.8 Å². The first-order valence-electron chi connectivity index (χ1n) is 11.1. The van der Waals surface area contributed by atoms with Crippen molar-refractivity contribution >= 4 is 22.9 Å². The summed E-state index contributed by atoms with van der Waals surface area (Å²) in [5.41, 5.74) is 11.9. The second-order valence-electron chi connectivity index (χ2n) is 8.35. The Hall–Kier alpha value is -4.53. The molecule has 4 heterocycles. The monoisotopic (exact) mass is 450 g/mol. The molecule has 34 heavy (non-hydrogen) atoms. The average molecular weight is 451 g/mol. The van der Waals surface area contributed by atoms with Crippen LogP contribution >= 0.6 is 0 Å². The number of carbonyl (C=O) groups excluding carboxylic acids is 1. The Morgan fingerprint density at radius 2 is 1.71 bits per heavy atom. The number of hydrogen-bond donors (Lipinski definition) is 1. The van der Waals surface area contributed by atoms with Crippen molar-refractivity contribution in [2.45, 2.75) is 19.5 Å². The SMILES string of the molecule is Nc1ncnc2c1ncn2-c1ccc(CN2CCc3cnn(Cc4ccccc4)c3C2=O)cc1. The van der Waals surface area contributed by atoms with Gasteiger partial charge in [0.2, 0.25) is 0 Å². The van der Waals surface area contributed by atoms with Crippen molar-refractivity contribution in [2.75, 3.05) is 12.3 Å². The number of aromatic nitrogens is 6. The Balaban J connectivity index is 1.21. The predicted molar refractivity (Wildman–Crippen MR) is 127 cm³/mol. The number of benzene rings is 2. The number of rotatable bonds is 5. The third-order valence-electron chi connectivity index (χ3n) is 6.18. The van der Waals surface area contributed by atoms with E-state index in [1.165, 1.54) is 6.33 Å². The highest BCUT2D eigenvalue weighted by molar-refractivity contribution is 5.95. The van der Waals surface area contributed by atoms with Crippen LogP contribution in [0.1, 0.15) is 27.2 Å². The van der Waals surface area contributed by atoms with E-state index in [1.807, 2.05) is 74.9 Å². The number of carbonyl (C=O) groups is 1. The highest BCUT2D eigenvalue weighted by atomic mass is 16.2. The third kappa shape index (κ3) is 3.47. The van der Waals surface area contributed by atoms with E-state index in [0.717, 1.165) is 28.8 Å². The number of nitrogen functional groups attached to an aromatic ring is 1. The Kier molecular flexibility index (Phi) is 4.80. The zero-order valence-corrected chi connectivity index (χ0v) is 18.4. The lowest BCUT2D eigenvalue weighted by Crippen LogP contribution is -2.38. The van der Waals surface area contributed by atoms with Gasteiger partial charge in [-0.2, -0.15) is 5.10 Å². The zero-order valence-electron chi connectivity index (χ0n) is 18.4. The molecule has 1 aliphatic rings. The summed E-state index contributed by atoms with van der Waals surface area (Å²) in [5, 5.41) is 4.50. The number of hydrogen-bond acceptors (Lipinski definition) is 6.